The summed E-state index contributed by atoms with van der Waals surface area (Å²) in [5.74, 6) is 0.220. The van der Waals surface area contributed by atoms with E-state index in [0.717, 1.165) is 12.3 Å². The van der Waals surface area contributed by atoms with Crippen LogP contribution in [0, 0.1) is 0 Å². The van der Waals surface area contributed by atoms with E-state index in [0.29, 0.717) is 10.0 Å². The Hall–Kier alpha value is -1.08. The second-order valence-corrected chi connectivity index (χ2v) is 5.60. The molecule has 0 fully saturated rings. The first-order valence-corrected chi connectivity index (χ1v) is 7.52. The molecule has 0 aliphatic heterocycles. The quantitative estimate of drug-likeness (QED) is 0.589. The Morgan fingerprint density at radius 3 is 2.67 bits per heavy atom. The molecule has 1 rings (SSSR count). The third-order valence-corrected chi connectivity index (χ3v) is 4.13. The Balaban J connectivity index is 3.02. The van der Waals surface area contributed by atoms with E-state index in [-0.39, 0.29) is 11.5 Å². The molecule has 0 aliphatic carbocycles. The predicted molar refractivity (Wildman–Crippen MR) is 75.1 cm³/mol. The van der Waals surface area contributed by atoms with Gasteiger partial charge in [-0.1, -0.05) is 11.3 Å². The molecule has 0 N–H and O–H groups in total. The number of esters is 1. The van der Waals surface area contributed by atoms with Gasteiger partial charge in [-0.3, -0.25) is 4.79 Å². The van der Waals surface area contributed by atoms with Crippen molar-refractivity contribution in [3.05, 3.63) is 10.6 Å². The van der Waals surface area contributed by atoms with Crippen LogP contribution < -0.4 is 4.90 Å². The summed E-state index contributed by atoms with van der Waals surface area (Å²) in [4.78, 5) is 29.5. The van der Waals surface area contributed by atoms with E-state index >= 15 is 0 Å². The number of thioether (sulfide) groups is 1. The van der Waals surface area contributed by atoms with Gasteiger partial charge in [0.05, 0.1) is 7.11 Å². The summed E-state index contributed by atoms with van der Waals surface area (Å²) in [5.41, 5.74) is 0.112. The zero-order valence-electron chi connectivity index (χ0n) is 10.8. The van der Waals surface area contributed by atoms with Gasteiger partial charge in [-0.2, -0.15) is 11.8 Å². The molecule has 1 aromatic heterocycles. The summed E-state index contributed by atoms with van der Waals surface area (Å²) in [6, 6.07) is 0. The monoisotopic (exact) mass is 288 g/mol. The lowest BCUT2D eigenvalue weighted by molar-refractivity contribution is 0.0591. The van der Waals surface area contributed by atoms with Crippen molar-refractivity contribution in [1.29, 1.82) is 0 Å². The van der Waals surface area contributed by atoms with Gasteiger partial charge in [0.15, 0.2) is 16.6 Å². The zero-order valence-corrected chi connectivity index (χ0v) is 12.5. The predicted octanol–water partition coefficient (Wildman–Crippen LogP) is 1.93. The van der Waals surface area contributed by atoms with Crippen molar-refractivity contribution < 1.29 is 14.3 Å². The number of anilines is 1. The fourth-order valence-electron chi connectivity index (χ4n) is 1.27. The Bertz CT molecular complexity index is 445. The van der Waals surface area contributed by atoms with Gasteiger partial charge >= 0.3 is 5.97 Å². The number of methoxy groups -OCH3 is 1. The third kappa shape index (κ3) is 3.46. The lowest BCUT2D eigenvalue weighted by Gasteiger charge is -2.14. The highest BCUT2D eigenvalue weighted by atomic mass is 32.2. The molecule has 0 amide bonds. The maximum atomic E-state index is 11.5. The van der Waals surface area contributed by atoms with E-state index in [1.165, 1.54) is 25.4 Å². The van der Waals surface area contributed by atoms with Crippen LogP contribution in [0.25, 0.3) is 0 Å². The number of aromatic nitrogens is 1. The molecule has 0 radical (unpaired) electrons. The number of carbonyl (C=O) groups is 2. The summed E-state index contributed by atoms with van der Waals surface area (Å²) < 4.78 is 4.63. The van der Waals surface area contributed by atoms with Crippen molar-refractivity contribution in [2.75, 3.05) is 37.6 Å². The van der Waals surface area contributed by atoms with Crippen molar-refractivity contribution in [3.63, 3.8) is 0 Å². The highest BCUT2D eigenvalue weighted by Gasteiger charge is 2.22. The minimum absolute atomic E-state index is 0.112. The summed E-state index contributed by atoms with van der Waals surface area (Å²) in [7, 11) is 3.17. The Morgan fingerprint density at radius 2 is 2.17 bits per heavy atom. The molecule has 0 aliphatic rings. The lowest BCUT2D eigenvalue weighted by Crippen LogP contribution is -2.20. The molecule has 1 heterocycles. The average molecular weight is 288 g/mol. The van der Waals surface area contributed by atoms with Gasteiger partial charge in [-0.25, -0.2) is 9.78 Å². The van der Waals surface area contributed by atoms with E-state index < -0.39 is 5.97 Å². The molecule has 1 aromatic rings. The van der Waals surface area contributed by atoms with E-state index in [4.69, 9.17) is 0 Å². The number of ketones is 1. The van der Waals surface area contributed by atoms with Crippen LogP contribution in [-0.4, -0.2) is 49.4 Å². The second kappa shape index (κ2) is 6.75. The van der Waals surface area contributed by atoms with Crippen LogP contribution in [0.4, 0.5) is 5.13 Å². The van der Waals surface area contributed by atoms with Crippen molar-refractivity contribution in [3.8, 4) is 0 Å². The molecular weight excluding hydrogens is 272 g/mol. The highest BCUT2D eigenvalue weighted by Crippen LogP contribution is 2.26. The van der Waals surface area contributed by atoms with E-state index in [9.17, 15) is 9.59 Å². The van der Waals surface area contributed by atoms with E-state index in [2.05, 4.69) is 9.72 Å². The fraction of sp³-hybridized carbons (Fsp3) is 0.545. The second-order valence-electron chi connectivity index (χ2n) is 3.64. The standard InChI is InChI=1S/C11H16N2O3S2/c1-7(14)9-8(10(15)16-3)12-11(18-9)13(2)5-6-17-4/h5-6H2,1-4H3. The minimum Gasteiger partial charge on any atom is -0.464 e. The highest BCUT2D eigenvalue weighted by molar-refractivity contribution is 7.98. The molecule has 7 heteroatoms. The van der Waals surface area contributed by atoms with Crippen LogP contribution in [0.3, 0.4) is 0 Å². The van der Waals surface area contributed by atoms with E-state index in [1.807, 2.05) is 18.2 Å². The topological polar surface area (TPSA) is 59.5 Å². The number of Topliss-reactive ketones (excluding diaryl/α,β-unsaturated/α-hetero) is 1. The Kier molecular flexibility index (Phi) is 5.61. The van der Waals surface area contributed by atoms with Crippen LogP contribution in [0.15, 0.2) is 0 Å². The van der Waals surface area contributed by atoms with Gasteiger partial charge in [0, 0.05) is 26.3 Å². The van der Waals surface area contributed by atoms with E-state index in [1.54, 1.807) is 11.8 Å². The molecule has 0 saturated carbocycles. The smallest absolute Gasteiger partial charge is 0.358 e. The van der Waals surface area contributed by atoms with Crippen LogP contribution >= 0.6 is 23.1 Å². The van der Waals surface area contributed by atoms with Gasteiger partial charge in [-0.15, -0.1) is 0 Å². The first-order chi connectivity index (χ1) is 8.51. The van der Waals surface area contributed by atoms with Crippen LogP contribution in [0.5, 0.6) is 0 Å². The minimum atomic E-state index is -0.569. The summed E-state index contributed by atoms with van der Waals surface area (Å²) in [5, 5.41) is 0.662. The van der Waals surface area contributed by atoms with Gasteiger partial charge in [0.25, 0.3) is 0 Å². The summed E-state index contributed by atoms with van der Waals surface area (Å²) >= 11 is 2.95. The molecule has 5 nitrogen and oxygen atoms in total. The van der Waals surface area contributed by atoms with Gasteiger partial charge in [0.2, 0.25) is 0 Å². The molecule has 0 saturated heterocycles. The maximum Gasteiger partial charge on any atom is 0.358 e. The summed E-state index contributed by atoms with van der Waals surface area (Å²) in [6.07, 6.45) is 2.02. The number of carbonyl (C=O) groups excluding carboxylic acids is 2. The van der Waals surface area contributed by atoms with Crippen molar-refractivity contribution in [2.45, 2.75) is 6.92 Å². The van der Waals surface area contributed by atoms with Crippen LogP contribution in [0.2, 0.25) is 0 Å². The number of hydrogen-bond acceptors (Lipinski definition) is 7. The fourth-order valence-corrected chi connectivity index (χ4v) is 2.66. The van der Waals surface area contributed by atoms with Gasteiger partial charge < -0.3 is 9.64 Å². The number of rotatable bonds is 6. The Morgan fingerprint density at radius 1 is 1.50 bits per heavy atom. The third-order valence-electron chi connectivity index (χ3n) is 2.27. The van der Waals surface area contributed by atoms with Crippen LogP contribution in [-0.2, 0) is 4.74 Å². The summed E-state index contributed by atoms with van der Waals surface area (Å²) in [6.45, 7) is 2.23. The normalized spacial score (nSPS) is 10.2. The number of thiazole rings is 1. The first kappa shape index (κ1) is 15.0. The van der Waals surface area contributed by atoms with Crippen LogP contribution in [0.1, 0.15) is 27.1 Å². The molecule has 100 valence electrons. The zero-order chi connectivity index (χ0) is 13.7. The molecule has 0 unspecified atom stereocenters. The number of ether oxygens (including phenoxy) is 1. The average Bonchev–Trinajstić information content (AvgIpc) is 2.80. The number of hydrogen-bond donors (Lipinski definition) is 0. The number of nitrogens with zero attached hydrogens (tertiary/aromatic N) is 2. The first-order valence-electron chi connectivity index (χ1n) is 5.31. The largest absolute Gasteiger partial charge is 0.464 e. The van der Waals surface area contributed by atoms with Gasteiger partial charge in [-0.05, 0) is 6.26 Å². The van der Waals surface area contributed by atoms with Gasteiger partial charge in [0.1, 0.15) is 4.88 Å². The lowest BCUT2D eigenvalue weighted by atomic mass is 10.3. The Labute approximate surface area is 115 Å². The SMILES string of the molecule is COC(=O)c1nc(N(C)CCSC)sc1C(C)=O. The molecule has 0 spiro atoms. The van der Waals surface area contributed by atoms with Crippen molar-refractivity contribution >= 4 is 40.0 Å². The molecular formula is C11H16N2O3S2. The molecule has 0 aromatic carbocycles. The van der Waals surface area contributed by atoms with Crippen molar-refractivity contribution in [1.82, 2.24) is 4.98 Å². The van der Waals surface area contributed by atoms with Crippen molar-refractivity contribution in [2.24, 2.45) is 0 Å². The maximum absolute atomic E-state index is 11.5. The molecule has 0 bridgehead atoms. The molecule has 0 atom stereocenters. The molecule has 18 heavy (non-hydrogen) atoms.